The lowest BCUT2D eigenvalue weighted by molar-refractivity contribution is 0.304. The van der Waals surface area contributed by atoms with Crippen molar-refractivity contribution in [2.75, 3.05) is 6.61 Å². The molecule has 4 nitrogen and oxygen atoms in total. The maximum absolute atomic E-state index is 10.4. The second-order valence-corrected chi connectivity index (χ2v) is 5.66. The fraction of sp³-hybridized carbons (Fsp3) is 0.625. The maximum Gasteiger partial charge on any atom is 0.139 e. The normalized spacial score (nSPS) is 12.1. The van der Waals surface area contributed by atoms with Crippen LogP contribution in [-0.4, -0.2) is 15.4 Å². The fourth-order valence-electron chi connectivity index (χ4n) is 2.10. The summed E-state index contributed by atoms with van der Waals surface area (Å²) < 4.78 is 30.8. The highest BCUT2D eigenvalue weighted by atomic mass is 32.2. The van der Waals surface area contributed by atoms with Crippen LogP contribution in [0.15, 0.2) is 24.3 Å². The van der Waals surface area contributed by atoms with Gasteiger partial charge in [-0.3, -0.25) is 0 Å². The van der Waals surface area contributed by atoms with Gasteiger partial charge in [-0.1, -0.05) is 51.9 Å². The highest BCUT2D eigenvalue weighted by Crippen LogP contribution is 2.18. The van der Waals surface area contributed by atoms with Gasteiger partial charge in [0.15, 0.2) is 0 Å². The Balaban J connectivity index is 2.03. The lowest BCUT2D eigenvalue weighted by atomic mass is 10.1. The van der Waals surface area contributed by atoms with E-state index in [1.807, 2.05) is 0 Å². The molecular weight excluding hydrogens is 288 g/mol. The number of rotatable bonds is 12. The van der Waals surface area contributed by atoms with Crippen LogP contribution >= 0.6 is 0 Å². The van der Waals surface area contributed by atoms with Gasteiger partial charge in [0, 0.05) is 0 Å². The molecule has 0 N–H and O–H groups in total. The lowest BCUT2D eigenvalue weighted by Crippen LogP contribution is -1.99. The summed E-state index contributed by atoms with van der Waals surface area (Å²) in [5.41, 5.74) is 0. The van der Waals surface area contributed by atoms with Crippen molar-refractivity contribution < 1.29 is 17.7 Å². The van der Waals surface area contributed by atoms with Crippen molar-refractivity contribution in [1.82, 2.24) is 0 Å². The standard InChI is InChI=1S/C16H26O4S/c1-2-3-4-5-6-7-8-9-14-19-15-10-12-16(13-11-15)20-21(17)18/h10-13H,2-9,14H2,1H3,(H,17,18)/p-1. The molecule has 1 rings (SSSR count). The SMILES string of the molecule is CCCCCCCCCCOc1ccc(OS(=O)[O-])cc1. The molecule has 0 spiro atoms. The van der Waals surface area contributed by atoms with Gasteiger partial charge in [-0.25, -0.2) is 4.21 Å². The zero-order valence-corrected chi connectivity index (χ0v) is 13.5. The molecule has 5 heteroatoms. The van der Waals surface area contributed by atoms with Crippen molar-refractivity contribution in [3.8, 4) is 11.5 Å². The second-order valence-electron chi connectivity index (χ2n) is 5.08. The topological polar surface area (TPSA) is 58.6 Å². The molecule has 21 heavy (non-hydrogen) atoms. The first-order valence-corrected chi connectivity index (χ1v) is 8.73. The van der Waals surface area contributed by atoms with Gasteiger partial charge in [0.1, 0.15) is 22.9 Å². The predicted molar refractivity (Wildman–Crippen MR) is 84.1 cm³/mol. The van der Waals surface area contributed by atoms with E-state index in [1.54, 1.807) is 24.3 Å². The summed E-state index contributed by atoms with van der Waals surface area (Å²) in [5, 5.41) is 0. The fourth-order valence-corrected chi connectivity index (χ4v) is 2.36. The van der Waals surface area contributed by atoms with Crippen molar-refractivity contribution >= 4 is 11.4 Å². The van der Waals surface area contributed by atoms with E-state index >= 15 is 0 Å². The summed E-state index contributed by atoms with van der Waals surface area (Å²) in [7, 11) is 0. The molecule has 0 amide bonds. The van der Waals surface area contributed by atoms with E-state index in [1.165, 1.54) is 44.9 Å². The van der Waals surface area contributed by atoms with E-state index < -0.39 is 11.4 Å². The third kappa shape index (κ3) is 9.47. The first-order valence-electron chi connectivity index (χ1n) is 7.73. The van der Waals surface area contributed by atoms with Crippen LogP contribution in [0.4, 0.5) is 0 Å². The van der Waals surface area contributed by atoms with Gasteiger partial charge >= 0.3 is 0 Å². The number of benzene rings is 1. The molecule has 1 aromatic rings. The highest BCUT2D eigenvalue weighted by molar-refractivity contribution is 7.74. The van der Waals surface area contributed by atoms with Crippen LogP contribution in [0.5, 0.6) is 11.5 Å². The van der Waals surface area contributed by atoms with Gasteiger partial charge in [-0.2, -0.15) is 0 Å². The van der Waals surface area contributed by atoms with E-state index in [4.69, 9.17) is 4.74 Å². The minimum atomic E-state index is -2.53. The van der Waals surface area contributed by atoms with Crippen LogP contribution in [-0.2, 0) is 11.4 Å². The quantitative estimate of drug-likeness (QED) is 0.424. The Bertz CT molecular complexity index is 392. The van der Waals surface area contributed by atoms with Gasteiger partial charge in [0.2, 0.25) is 0 Å². The minimum absolute atomic E-state index is 0.294. The van der Waals surface area contributed by atoms with Gasteiger partial charge in [0.25, 0.3) is 0 Å². The molecule has 0 heterocycles. The summed E-state index contributed by atoms with van der Waals surface area (Å²) >= 11 is -2.53. The molecule has 0 aliphatic rings. The van der Waals surface area contributed by atoms with E-state index in [9.17, 15) is 8.76 Å². The van der Waals surface area contributed by atoms with Crippen LogP contribution in [0.1, 0.15) is 58.3 Å². The highest BCUT2D eigenvalue weighted by Gasteiger charge is 1.97. The van der Waals surface area contributed by atoms with E-state index in [2.05, 4.69) is 11.1 Å². The Labute approximate surface area is 130 Å². The first kappa shape index (κ1) is 18.0. The molecule has 0 saturated carbocycles. The third-order valence-electron chi connectivity index (χ3n) is 3.25. The Kier molecular flexibility index (Phi) is 9.91. The van der Waals surface area contributed by atoms with Crippen molar-refractivity contribution in [1.29, 1.82) is 0 Å². The van der Waals surface area contributed by atoms with Gasteiger partial charge in [-0.15, -0.1) is 0 Å². The smallest absolute Gasteiger partial charge is 0.139 e. The number of ether oxygens (including phenoxy) is 1. The summed E-state index contributed by atoms with van der Waals surface area (Å²) in [6.07, 6.45) is 10.2. The van der Waals surface area contributed by atoms with Crippen LogP contribution < -0.4 is 8.92 Å². The molecule has 1 atom stereocenters. The molecule has 0 fully saturated rings. The van der Waals surface area contributed by atoms with Crippen molar-refractivity contribution in [2.45, 2.75) is 58.3 Å². The Morgan fingerprint density at radius 3 is 2.00 bits per heavy atom. The molecule has 0 saturated heterocycles. The first-order chi connectivity index (χ1) is 10.2. The average Bonchev–Trinajstić information content (AvgIpc) is 2.47. The number of hydrogen-bond donors (Lipinski definition) is 0. The van der Waals surface area contributed by atoms with Crippen molar-refractivity contribution in [3.63, 3.8) is 0 Å². The summed E-state index contributed by atoms with van der Waals surface area (Å²) in [5.74, 6) is 1.03. The molecule has 0 aliphatic heterocycles. The largest absolute Gasteiger partial charge is 0.740 e. The van der Waals surface area contributed by atoms with E-state index in [0.29, 0.717) is 12.4 Å². The zero-order valence-electron chi connectivity index (χ0n) is 12.7. The Morgan fingerprint density at radius 1 is 0.905 bits per heavy atom. The van der Waals surface area contributed by atoms with Gasteiger partial charge in [0.05, 0.1) is 6.61 Å². The predicted octanol–water partition coefficient (Wildman–Crippen LogP) is 4.38. The summed E-state index contributed by atoms with van der Waals surface area (Å²) in [4.78, 5) is 0. The molecule has 0 aliphatic carbocycles. The second kappa shape index (κ2) is 11.6. The molecule has 1 unspecified atom stereocenters. The van der Waals surface area contributed by atoms with Crippen molar-refractivity contribution in [2.24, 2.45) is 0 Å². The van der Waals surface area contributed by atoms with E-state index in [-0.39, 0.29) is 0 Å². The molecular formula is C16H25O4S-. The van der Waals surface area contributed by atoms with Crippen LogP contribution in [0.2, 0.25) is 0 Å². The number of hydrogen-bond acceptors (Lipinski definition) is 4. The van der Waals surface area contributed by atoms with Crippen LogP contribution in [0, 0.1) is 0 Å². The minimum Gasteiger partial charge on any atom is -0.740 e. The third-order valence-corrected chi connectivity index (χ3v) is 3.58. The summed E-state index contributed by atoms with van der Waals surface area (Å²) in [6.45, 7) is 2.93. The Morgan fingerprint density at radius 2 is 1.43 bits per heavy atom. The van der Waals surface area contributed by atoms with E-state index in [0.717, 1.165) is 12.2 Å². The lowest BCUT2D eigenvalue weighted by Gasteiger charge is -2.09. The zero-order chi connectivity index (χ0) is 15.3. The average molecular weight is 313 g/mol. The Hall–Kier alpha value is -1.07. The van der Waals surface area contributed by atoms with Crippen molar-refractivity contribution in [3.05, 3.63) is 24.3 Å². The van der Waals surface area contributed by atoms with Gasteiger partial charge < -0.3 is 13.5 Å². The van der Waals surface area contributed by atoms with Crippen LogP contribution in [0.3, 0.4) is 0 Å². The molecule has 0 bridgehead atoms. The molecule has 0 radical (unpaired) electrons. The molecule has 0 aromatic heterocycles. The maximum atomic E-state index is 10.4. The molecule has 1 aromatic carbocycles. The van der Waals surface area contributed by atoms with Crippen LogP contribution in [0.25, 0.3) is 0 Å². The summed E-state index contributed by atoms with van der Waals surface area (Å²) in [6, 6.07) is 6.59. The number of unbranched alkanes of at least 4 members (excludes halogenated alkanes) is 7. The van der Waals surface area contributed by atoms with Gasteiger partial charge in [-0.05, 0) is 30.7 Å². The molecule has 120 valence electrons. The monoisotopic (exact) mass is 313 g/mol.